The third-order valence-electron chi connectivity index (χ3n) is 2.17. The smallest absolute Gasteiger partial charge is 0.299 e. The van der Waals surface area contributed by atoms with Crippen molar-refractivity contribution in [1.82, 2.24) is 0 Å². The number of rotatable bonds is 6. The van der Waals surface area contributed by atoms with Gasteiger partial charge in [0.2, 0.25) is 0 Å². The Morgan fingerprint density at radius 3 is 2.44 bits per heavy atom. The van der Waals surface area contributed by atoms with Gasteiger partial charge in [-0.2, -0.15) is 8.42 Å². The molecule has 0 aliphatic carbocycles. The molecule has 0 saturated heterocycles. The quantitative estimate of drug-likeness (QED) is 0.586. The summed E-state index contributed by atoms with van der Waals surface area (Å²) < 4.78 is 27.9. The van der Waals surface area contributed by atoms with Gasteiger partial charge in [0.25, 0.3) is 0 Å². The fraction of sp³-hybridized carbons (Fsp3) is 0.333. The number of nitrogens with zero attached hydrogens (tertiary/aromatic N) is 1. The van der Waals surface area contributed by atoms with Crippen LogP contribution in [0.2, 0.25) is 0 Å². The lowest BCUT2D eigenvalue weighted by atomic mass is 10.2. The van der Waals surface area contributed by atoms with Crippen molar-refractivity contribution < 1.29 is 17.5 Å². The van der Waals surface area contributed by atoms with Gasteiger partial charge in [0.05, 0.1) is 5.71 Å². The van der Waals surface area contributed by atoms with E-state index in [1.54, 1.807) is 32.0 Å². The molecule has 0 N–H and O–H groups in total. The molecule has 6 heteroatoms. The number of hydrogen-bond donors (Lipinski definition) is 0. The maximum Gasteiger partial charge on any atom is 0.358 e. The van der Waals surface area contributed by atoms with Gasteiger partial charge in [-0.15, -0.1) is 0 Å². The van der Waals surface area contributed by atoms with Gasteiger partial charge in [-0.25, -0.2) is 0 Å². The average molecular weight is 269 g/mol. The maximum absolute atomic E-state index is 11.7. The van der Waals surface area contributed by atoms with Crippen LogP contribution >= 0.6 is 0 Å². The predicted molar refractivity (Wildman–Crippen MR) is 67.7 cm³/mol. The van der Waals surface area contributed by atoms with E-state index in [0.717, 1.165) is 0 Å². The van der Waals surface area contributed by atoms with Gasteiger partial charge < -0.3 is 0 Å². The number of carbonyl (C=O) groups excluding carboxylic acids is 1. The van der Waals surface area contributed by atoms with E-state index >= 15 is 0 Å². The van der Waals surface area contributed by atoms with E-state index in [1.807, 2.05) is 0 Å². The van der Waals surface area contributed by atoms with E-state index in [4.69, 9.17) is 0 Å². The molecule has 1 aromatic rings. The minimum Gasteiger partial charge on any atom is -0.299 e. The zero-order chi connectivity index (χ0) is 13.6. The van der Waals surface area contributed by atoms with Crippen LogP contribution in [0, 0.1) is 0 Å². The van der Waals surface area contributed by atoms with Crippen LogP contribution in [-0.2, 0) is 19.2 Å². The topological polar surface area (TPSA) is 72.8 Å². The number of carbonyl (C=O) groups is 1. The van der Waals surface area contributed by atoms with Crippen molar-refractivity contribution >= 4 is 21.6 Å². The predicted octanol–water partition coefficient (Wildman–Crippen LogP) is 2.14. The molecule has 5 nitrogen and oxygen atoms in total. The number of Topliss-reactive ketones (excluding diaryl/α,β-unsaturated/α-hetero) is 1. The minimum absolute atomic E-state index is 0.0167. The molecule has 0 aliphatic heterocycles. The Morgan fingerprint density at radius 1 is 1.28 bits per heavy atom. The summed E-state index contributed by atoms with van der Waals surface area (Å²) in [5.74, 6) is -0.0167. The summed E-state index contributed by atoms with van der Waals surface area (Å²) in [7, 11) is -3.90. The summed E-state index contributed by atoms with van der Waals surface area (Å²) in [5, 5.41) is 3.47. The van der Waals surface area contributed by atoms with Crippen molar-refractivity contribution in [1.29, 1.82) is 0 Å². The maximum atomic E-state index is 11.7. The molecule has 1 aromatic carbocycles. The van der Waals surface area contributed by atoms with Gasteiger partial charge in [0.1, 0.15) is 10.7 Å². The van der Waals surface area contributed by atoms with Gasteiger partial charge in [0.15, 0.2) is 0 Å². The second kappa shape index (κ2) is 6.30. The van der Waals surface area contributed by atoms with E-state index in [9.17, 15) is 13.2 Å². The van der Waals surface area contributed by atoms with Gasteiger partial charge in [-0.3, -0.25) is 9.08 Å². The van der Waals surface area contributed by atoms with E-state index < -0.39 is 10.1 Å². The highest BCUT2D eigenvalue weighted by molar-refractivity contribution is 7.86. The summed E-state index contributed by atoms with van der Waals surface area (Å²) in [6.07, 6.45) is 0.485. The highest BCUT2D eigenvalue weighted by atomic mass is 32.2. The first-order valence-electron chi connectivity index (χ1n) is 5.49. The number of hydrogen-bond acceptors (Lipinski definition) is 5. The Bertz CT molecular complexity index is 534. The molecule has 1 rings (SSSR count). The average Bonchev–Trinajstić information content (AvgIpc) is 2.37. The lowest BCUT2D eigenvalue weighted by Gasteiger charge is -2.02. The van der Waals surface area contributed by atoms with E-state index in [0.29, 0.717) is 12.1 Å². The summed E-state index contributed by atoms with van der Waals surface area (Å²) in [6, 6.07) is 7.71. The van der Waals surface area contributed by atoms with Crippen LogP contribution in [-0.4, -0.2) is 19.9 Å². The molecule has 98 valence electrons. The molecular formula is C12H15NO4S. The van der Waals surface area contributed by atoms with E-state index in [1.165, 1.54) is 12.1 Å². The molecule has 0 aromatic heterocycles. The van der Waals surface area contributed by atoms with Crippen molar-refractivity contribution in [3.05, 3.63) is 30.3 Å². The second-order valence-electron chi connectivity index (χ2n) is 3.74. The molecular weight excluding hydrogens is 254 g/mol. The van der Waals surface area contributed by atoms with E-state index in [-0.39, 0.29) is 17.1 Å². The molecule has 0 fully saturated rings. The SMILES string of the molecule is CCC(=O)C/C(C)=N/OS(=O)(=O)c1ccccc1. The van der Waals surface area contributed by atoms with Gasteiger partial charge >= 0.3 is 10.1 Å². The first kappa shape index (κ1) is 14.4. The third kappa shape index (κ3) is 4.29. The normalized spacial score (nSPS) is 12.2. The van der Waals surface area contributed by atoms with Crippen LogP contribution in [0.15, 0.2) is 40.4 Å². The van der Waals surface area contributed by atoms with Crippen LogP contribution in [0.25, 0.3) is 0 Å². The van der Waals surface area contributed by atoms with E-state index in [2.05, 4.69) is 9.44 Å². The second-order valence-corrected chi connectivity index (χ2v) is 5.27. The fourth-order valence-electron chi connectivity index (χ4n) is 1.19. The first-order valence-corrected chi connectivity index (χ1v) is 6.90. The molecule has 0 spiro atoms. The largest absolute Gasteiger partial charge is 0.358 e. The zero-order valence-electron chi connectivity index (χ0n) is 10.3. The lowest BCUT2D eigenvalue weighted by Crippen LogP contribution is -2.07. The minimum atomic E-state index is -3.90. The number of ketones is 1. The summed E-state index contributed by atoms with van der Waals surface area (Å²) >= 11 is 0. The van der Waals surface area contributed by atoms with Crippen molar-refractivity contribution in [3.8, 4) is 0 Å². The van der Waals surface area contributed by atoms with Crippen molar-refractivity contribution in [2.75, 3.05) is 0 Å². The molecule has 0 saturated carbocycles. The van der Waals surface area contributed by atoms with Gasteiger partial charge in [0, 0.05) is 12.8 Å². The zero-order valence-corrected chi connectivity index (χ0v) is 11.1. The van der Waals surface area contributed by atoms with Crippen LogP contribution in [0.4, 0.5) is 0 Å². The van der Waals surface area contributed by atoms with Crippen LogP contribution in [0.1, 0.15) is 26.7 Å². The van der Waals surface area contributed by atoms with Gasteiger partial charge in [-0.1, -0.05) is 30.3 Å². The highest BCUT2D eigenvalue weighted by Crippen LogP contribution is 2.11. The standard InChI is InChI=1S/C12H15NO4S/c1-3-11(14)9-10(2)13-17-18(15,16)12-7-5-4-6-8-12/h4-8H,3,9H2,1-2H3/b13-10+. The van der Waals surface area contributed by atoms with Crippen molar-refractivity contribution in [3.63, 3.8) is 0 Å². The number of benzene rings is 1. The molecule has 0 amide bonds. The monoisotopic (exact) mass is 269 g/mol. The Kier molecular flexibility index (Phi) is 5.03. The molecule has 0 unspecified atom stereocenters. The Hall–Kier alpha value is -1.69. The summed E-state index contributed by atoms with van der Waals surface area (Å²) in [4.78, 5) is 11.2. The van der Waals surface area contributed by atoms with Crippen LogP contribution in [0.5, 0.6) is 0 Å². The number of oxime groups is 1. The Labute approximate surface area is 107 Å². The molecule has 18 heavy (non-hydrogen) atoms. The summed E-state index contributed by atoms with van der Waals surface area (Å²) in [5.41, 5.74) is 0.335. The molecule has 0 aliphatic rings. The van der Waals surface area contributed by atoms with Crippen LogP contribution < -0.4 is 0 Å². The molecule has 0 bridgehead atoms. The summed E-state index contributed by atoms with van der Waals surface area (Å²) in [6.45, 7) is 3.28. The Morgan fingerprint density at radius 2 is 1.89 bits per heavy atom. The molecule has 0 heterocycles. The third-order valence-corrected chi connectivity index (χ3v) is 3.29. The first-order chi connectivity index (χ1) is 8.45. The molecule has 0 radical (unpaired) electrons. The van der Waals surface area contributed by atoms with Crippen LogP contribution in [0.3, 0.4) is 0 Å². The highest BCUT2D eigenvalue weighted by Gasteiger charge is 2.15. The lowest BCUT2D eigenvalue weighted by molar-refractivity contribution is -0.117. The molecule has 0 atom stereocenters. The van der Waals surface area contributed by atoms with Crippen molar-refractivity contribution in [2.45, 2.75) is 31.6 Å². The van der Waals surface area contributed by atoms with Crippen molar-refractivity contribution in [2.24, 2.45) is 5.16 Å². The Balaban J connectivity index is 2.74. The van der Waals surface area contributed by atoms with Gasteiger partial charge in [-0.05, 0) is 19.1 Å². The fourth-order valence-corrected chi connectivity index (χ4v) is 1.99.